The molecule has 0 amide bonds. The van der Waals surface area contributed by atoms with Crippen LogP contribution in [0.4, 0.5) is 4.39 Å². The number of carbonyl (C=O) groups is 1. The Bertz CT molecular complexity index is 639. The zero-order chi connectivity index (χ0) is 14.2. The van der Waals surface area contributed by atoms with Crippen LogP contribution in [0.3, 0.4) is 0 Å². The standard InChI is InChI=1S/C16H14BrFO/c1-9-6-10(2)15(11(3)7-9)16(19)12-4-5-13(17)14(18)8-12/h4-8H,1-3H3. The maximum atomic E-state index is 13.5. The molecule has 2 aromatic carbocycles. The molecule has 0 bridgehead atoms. The summed E-state index contributed by atoms with van der Waals surface area (Å²) in [7, 11) is 0. The van der Waals surface area contributed by atoms with Crippen molar-refractivity contribution in [3.8, 4) is 0 Å². The van der Waals surface area contributed by atoms with Crippen LogP contribution in [0, 0.1) is 26.6 Å². The van der Waals surface area contributed by atoms with Crippen LogP contribution in [0.2, 0.25) is 0 Å². The summed E-state index contributed by atoms with van der Waals surface area (Å²) in [4.78, 5) is 12.5. The van der Waals surface area contributed by atoms with Crippen molar-refractivity contribution in [1.82, 2.24) is 0 Å². The molecule has 0 aliphatic heterocycles. The molecule has 98 valence electrons. The number of aryl methyl sites for hydroxylation is 3. The normalized spacial score (nSPS) is 10.6. The first-order valence-electron chi connectivity index (χ1n) is 5.97. The summed E-state index contributed by atoms with van der Waals surface area (Å²) < 4.78 is 13.9. The van der Waals surface area contributed by atoms with Gasteiger partial charge >= 0.3 is 0 Å². The second kappa shape index (κ2) is 5.25. The van der Waals surface area contributed by atoms with Crippen LogP contribution in [0.25, 0.3) is 0 Å². The molecule has 0 heterocycles. The molecule has 0 N–H and O–H groups in total. The zero-order valence-corrected chi connectivity index (χ0v) is 12.6. The molecule has 0 aromatic heterocycles. The molecule has 2 aromatic rings. The lowest BCUT2D eigenvalue weighted by Gasteiger charge is -2.10. The van der Waals surface area contributed by atoms with E-state index in [0.717, 1.165) is 16.7 Å². The third kappa shape index (κ3) is 2.76. The van der Waals surface area contributed by atoms with Crippen molar-refractivity contribution in [2.24, 2.45) is 0 Å². The minimum absolute atomic E-state index is 0.138. The van der Waals surface area contributed by atoms with Crippen molar-refractivity contribution in [2.45, 2.75) is 20.8 Å². The van der Waals surface area contributed by atoms with Gasteiger partial charge in [0.25, 0.3) is 0 Å². The second-order valence-corrected chi connectivity index (χ2v) is 5.59. The molecule has 0 aliphatic rings. The summed E-state index contributed by atoms with van der Waals surface area (Å²) in [6.45, 7) is 5.80. The van der Waals surface area contributed by atoms with E-state index in [-0.39, 0.29) is 5.78 Å². The van der Waals surface area contributed by atoms with Crippen molar-refractivity contribution in [1.29, 1.82) is 0 Å². The number of rotatable bonds is 2. The van der Waals surface area contributed by atoms with E-state index in [1.165, 1.54) is 6.07 Å². The third-order valence-electron chi connectivity index (χ3n) is 3.09. The highest BCUT2D eigenvalue weighted by Crippen LogP contribution is 2.23. The Balaban J connectivity index is 2.53. The van der Waals surface area contributed by atoms with Crippen molar-refractivity contribution in [3.63, 3.8) is 0 Å². The molecular weight excluding hydrogens is 307 g/mol. The molecule has 2 rings (SSSR count). The number of benzene rings is 2. The minimum Gasteiger partial charge on any atom is -0.289 e. The zero-order valence-electron chi connectivity index (χ0n) is 11.1. The monoisotopic (exact) mass is 320 g/mol. The topological polar surface area (TPSA) is 17.1 Å². The minimum atomic E-state index is -0.423. The molecule has 0 unspecified atom stereocenters. The molecule has 0 aliphatic carbocycles. The molecule has 0 saturated heterocycles. The van der Waals surface area contributed by atoms with Crippen molar-refractivity contribution in [2.75, 3.05) is 0 Å². The first kappa shape index (κ1) is 13.9. The van der Waals surface area contributed by atoms with E-state index < -0.39 is 5.82 Å². The smallest absolute Gasteiger partial charge is 0.193 e. The van der Waals surface area contributed by atoms with E-state index in [4.69, 9.17) is 0 Å². The van der Waals surface area contributed by atoms with Gasteiger partial charge in [-0.25, -0.2) is 4.39 Å². The largest absolute Gasteiger partial charge is 0.289 e. The molecule has 0 spiro atoms. The Morgan fingerprint density at radius 3 is 2.16 bits per heavy atom. The average molecular weight is 321 g/mol. The van der Waals surface area contributed by atoms with E-state index in [1.807, 2.05) is 32.9 Å². The molecule has 1 nitrogen and oxygen atoms in total. The number of carbonyl (C=O) groups excluding carboxylic acids is 1. The van der Waals surface area contributed by atoms with E-state index in [2.05, 4.69) is 15.9 Å². The van der Waals surface area contributed by atoms with Gasteiger partial charge in [-0.1, -0.05) is 17.7 Å². The third-order valence-corrected chi connectivity index (χ3v) is 3.73. The van der Waals surface area contributed by atoms with Crippen LogP contribution in [0.5, 0.6) is 0 Å². The van der Waals surface area contributed by atoms with Gasteiger partial charge in [0.05, 0.1) is 4.47 Å². The van der Waals surface area contributed by atoms with Crippen molar-refractivity contribution >= 4 is 21.7 Å². The highest BCUT2D eigenvalue weighted by Gasteiger charge is 2.16. The Kier molecular flexibility index (Phi) is 3.85. The van der Waals surface area contributed by atoms with Gasteiger partial charge in [0.2, 0.25) is 0 Å². The van der Waals surface area contributed by atoms with E-state index in [0.29, 0.717) is 15.6 Å². The maximum absolute atomic E-state index is 13.5. The van der Waals surface area contributed by atoms with Crippen LogP contribution in [-0.2, 0) is 0 Å². The SMILES string of the molecule is Cc1cc(C)c(C(=O)c2ccc(Br)c(F)c2)c(C)c1. The van der Waals surface area contributed by atoms with Gasteiger partial charge in [0, 0.05) is 11.1 Å². The summed E-state index contributed by atoms with van der Waals surface area (Å²) in [5.74, 6) is -0.560. The fourth-order valence-electron chi connectivity index (χ4n) is 2.32. The summed E-state index contributed by atoms with van der Waals surface area (Å²) in [6, 6.07) is 8.39. The summed E-state index contributed by atoms with van der Waals surface area (Å²) in [6.07, 6.45) is 0. The Labute approximate surface area is 120 Å². The fourth-order valence-corrected chi connectivity index (χ4v) is 2.57. The van der Waals surface area contributed by atoms with Crippen molar-refractivity contribution < 1.29 is 9.18 Å². The highest BCUT2D eigenvalue weighted by atomic mass is 79.9. The number of hydrogen-bond acceptors (Lipinski definition) is 1. The molecule has 19 heavy (non-hydrogen) atoms. The van der Waals surface area contributed by atoms with Gasteiger partial charge in [-0.2, -0.15) is 0 Å². The molecule has 0 radical (unpaired) electrons. The molecular formula is C16H14BrFO. The van der Waals surface area contributed by atoms with E-state index in [9.17, 15) is 9.18 Å². The van der Waals surface area contributed by atoms with Crippen LogP contribution in [-0.4, -0.2) is 5.78 Å². The second-order valence-electron chi connectivity index (χ2n) is 4.73. The molecule has 0 saturated carbocycles. The van der Waals surface area contributed by atoms with Gasteiger partial charge in [0.1, 0.15) is 5.82 Å². The lowest BCUT2D eigenvalue weighted by molar-refractivity contribution is 0.103. The number of ketones is 1. The number of halogens is 2. The predicted molar refractivity (Wildman–Crippen MR) is 78.2 cm³/mol. The Hall–Kier alpha value is -1.48. The first-order valence-corrected chi connectivity index (χ1v) is 6.77. The van der Waals surface area contributed by atoms with E-state index in [1.54, 1.807) is 12.1 Å². The van der Waals surface area contributed by atoms with Crippen LogP contribution < -0.4 is 0 Å². The predicted octanol–water partition coefficient (Wildman–Crippen LogP) is 4.74. The van der Waals surface area contributed by atoms with Gasteiger partial charge in [-0.05, 0) is 66.0 Å². The summed E-state index contributed by atoms with van der Waals surface area (Å²) in [5.41, 5.74) is 3.99. The average Bonchev–Trinajstić information content (AvgIpc) is 2.31. The van der Waals surface area contributed by atoms with Crippen LogP contribution in [0.1, 0.15) is 32.6 Å². The lowest BCUT2D eigenvalue weighted by Crippen LogP contribution is -2.07. The Morgan fingerprint density at radius 2 is 1.63 bits per heavy atom. The quantitative estimate of drug-likeness (QED) is 0.730. The molecule has 0 atom stereocenters. The van der Waals surface area contributed by atoms with Crippen molar-refractivity contribution in [3.05, 3.63) is 68.4 Å². The molecule has 0 fully saturated rings. The van der Waals surface area contributed by atoms with Gasteiger partial charge in [-0.3, -0.25) is 4.79 Å². The van der Waals surface area contributed by atoms with Gasteiger partial charge < -0.3 is 0 Å². The fraction of sp³-hybridized carbons (Fsp3) is 0.188. The van der Waals surface area contributed by atoms with E-state index >= 15 is 0 Å². The van der Waals surface area contributed by atoms with Gasteiger partial charge in [-0.15, -0.1) is 0 Å². The van der Waals surface area contributed by atoms with Gasteiger partial charge in [0.15, 0.2) is 5.78 Å². The lowest BCUT2D eigenvalue weighted by atomic mass is 9.93. The summed E-state index contributed by atoms with van der Waals surface area (Å²) in [5, 5.41) is 0. The number of hydrogen-bond donors (Lipinski definition) is 0. The molecule has 3 heteroatoms. The first-order chi connectivity index (χ1) is 8.90. The maximum Gasteiger partial charge on any atom is 0.193 e. The summed E-state index contributed by atoms with van der Waals surface area (Å²) >= 11 is 3.09. The highest BCUT2D eigenvalue weighted by molar-refractivity contribution is 9.10. The van der Waals surface area contributed by atoms with Crippen LogP contribution >= 0.6 is 15.9 Å². The Morgan fingerprint density at radius 1 is 1.05 bits per heavy atom. The van der Waals surface area contributed by atoms with Crippen LogP contribution in [0.15, 0.2) is 34.8 Å².